The number of carbonyl (C=O) groups excluding carboxylic acids is 1. The summed E-state index contributed by atoms with van der Waals surface area (Å²) < 4.78 is 5.34. The van der Waals surface area contributed by atoms with Gasteiger partial charge in [0.25, 0.3) is 0 Å². The number of hydrogen-bond acceptors (Lipinski definition) is 3. The lowest BCUT2D eigenvalue weighted by molar-refractivity contribution is -0.176. The largest absolute Gasteiger partial charge is 0.465 e. The van der Waals surface area contributed by atoms with Crippen LogP contribution in [0.15, 0.2) is 43.0 Å². The molecule has 1 heterocycles. The Morgan fingerprint density at radius 2 is 2.10 bits per heavy atom. The average molecular weight is 273 g/mol. The average Bonchev–Trinajstić information content (AvgIpc) is 2.47. The zero-order valence-electron chi connectivity index (χ0n) is 12.5. The Bertz CT molecular complexity index is 485. The van der Waals surface area contributed by atoms with Crippen LogP contribution in [0.5, 0.6) is 0 Å². The second-order valence-electron chi connectivity index (χ2n) is 5.38. The summed E-state index contributed by atoms with van der Waals surface area (Å²) in [6, 6.07) is 10.5. The third-order valence-corrected chi connectivity index (χ3v) is 4.48. The van der Waals surface area contributed by atoms with Gasteiger partial charge in [0, 0.05) is 12.0 Å². The molecule has 20 heavy (non-hydrogen) atoms. The fourth-order valence-corrected chi connectivity index (χ4v) is 3.44. The first-order chi connectivity index (χ1) is 9.59. The highest BCUT2D eigenvalue weighted by Crippen LogP contribution is 2.50. The van der Waals surface area contributed by atoms with Crippen molar-refractivity contribution in [3.8, 4) is 0 Å². The molecule has 0 spiro atoms. The summed E-state index contributed by atoms with van der Waals surface area (Å²) in [6.45, 7) is 8.22. The lowest BCUT2D eigenvalue weighted by Crippen LogP contribution is -2.73. The monoisotopic (exact) mass is 273 g/mol. The predicted octanol–water partition coefficient (Wildman–Crippen LogP) is 2.98. The van der Waals surface area contributed by atoms with E-state index in [9.17, 15) is 4.79 Å². The van der Waals surface area contributed by atoms with Crippen LogP contribution >= 0.6 is 0 Å². The maximum absolute atomic E-state index is 12.6. The molecule has 108 valence electrons. The molecule has 0 aromatic heterocycles. The Kier molecular flexibility index (Phi) is 4.29. The van der Waals surface area contributed by atoms with E-state index in [0.717, 1.165) is 0 Å². The normalized spacial score (nSPS) is 29.6. The van der Waals surface area contributed by atoms with Crippen molar-refractivity contribution in [1.29, 1.82) is 0 Å². The number of rotatable bonds is 5. The van der Waals surface area contributed by atoms with Crippen LogP contribution in [-0.2, 0) is 9.53 Å². The number of ether oxygens (including phenoxy) is 1. The highest BCUT2D eigenvalue weighted by molar-refractivity contribution is 5.84. The highest BCUT2D eigenvalue weighted by atomic mass is 16.5. The molecule has 0 aliphatic carbocycles. The van der Waals surface area contributed by atoms with Gasteiger partial charge >= 0.3 is 5.97 Å². The van der Waals surface area contributed by atoms with Crippen LogP contribution in [-0.4, -0.2) is 36.1 Å². The number of likely N-dealkylation sites (N-methyl/N-ethyl adjacent to an activating group) is 1. The van der Waals surface area contributed by atoms with Crippen LogP contribution in [0.25, 0.3) is 0 Å². The SMILES string of the molecule is C=CC[C@]1(C(=O)OCC)[C@@H](c2ccccc2)[C@H](C)N1C. The van der Waals surface area contributed by atoms with E-state index in [4.69, 9.17) is 4.74 Å². The van der Waals surface area contributed by atoms with E-state index in [1.54, 1.807) is 0 Å². The molecule has 0 N–H and O–H groups in total. The Hall–Kier alpha value is -1.61. The van der Waals surface area contributed by atoms with Gasteiger partial charge in [-0.15, -0.1) is 6.58 Å². The van der Waals surface area contributed by atoms with Gasteiger partial charge in [-0.2, -0.15) is 0 Å². The van der Waals surface area contributed by atoms with E-state index < -0.39 is 5.54 Å². The fraction of sp³-hybridized carbons (Fsp3) is 0.471. The molecule has 1 fully saturated rings. The number of carbonyl (C=O) groups is 1. The maximum Gasteiger partial charge on any atom is 0.327 e. The van der Waals surface area contributed by atoms with Crippen molar-refractivity contribution in [2.24, 2.45) is 0 Å². The van der Waals surface area contributed by atoms with Gasteiger partial charge in [-0.05, 0) is 32.9 Å². The molecule has 0 amide bonds. The van der Waals surface area contributed by atoms with Crippen LogP contribution < -0.4 is 0 Å². The third-order valence-electron chi connectivity index (χ3n) is 4.48. The molecule has 1 aliphatic heterocycles. The van der Waals surface area contributed by atoms with Crippen LogP contribution in [0.3, 0.4) is 0 Å². The van der Waals surface area contributed by atoms with Gasteiger partial charge in [0.15, 0.2) is 0 Å². The molecule has 1 saturated heterocycles. The minimum absolute atomic E-state index is 0.144. The fourth-order valence-electron chi connectivity index (χ4n) is 3.44. The van der Waals surface area contributed by atoms with E-state index in [-0.39, 0.29) is 11.9 Å². The van der Waals surface area contributed by atoms with Crippen LogP contribution in [0.1, 0.15) is 31.7 Å². The van der Waals surface area contributed by atoms with Gasteiger partial charge in [0.2, 0.25) is 0 Å². The molecule has 0 saturated carbocycles. The van der Waals surface area contributed by atoms with Gasteiger partial charge in [-0.1, -0.05) is 36.4 Å². The van der Waals surface area contributed by atoms with Crippen LogP contribution in [0.2, 0.25) is 0 Å². The Morgan fingerprint density at radius 3 is 2.65 bits per heavy atom. The summed E-state index contributed by atoms with van der Waals surface area (Å²) in [6.07, 6.45) is 2.42. The van der Waals surface area contributed by atoms with E-state index >= 15 is 0 Å². The number of likely N-dealkylation sites (tertiary alicyclic amines) is 1. The summed E-state index contributed by atoms with van der Waals surface area (Å²) in [4.78, 5) is 14.7. The molecule has 1 aliphatic rings. The summed E-state index contributed by atoms with van der Waals surface area (Å²) in [5, 5.41) is 0. The second kappa shape index (κ2) is 5.80. The minimum atomic E-state index is -0.613. The Balaban J connectivity index is 2.42. The Morgan fingerprint density at radius 1 is 1.45 bits per heavy atom. The lowest BCUT2D eigenvalue weighted by atomic mass is 9.64. The molecule has 2 rings (SSSR count). The van der Waals surface area contributed by atoms with Crippen molar-refractivity contribution in [2.75, 3.05) is 13.7 Å². The maximum atomic E-state index is 12.6. The Labute approximate surface area is 121 Å². The number of esters is 1. The van der Waals surface area contributed by atoms with E-state index in [2.05, 4.69) is 30.5 Å². The predicted molar refractivity (Wildman–Crippen MR) is 80.6 cm³/mol. The van der Waals surface area contributed by atoms with Gasteiger partial charge in [-0.3, -0.25) is 9.69 Å². The standard InChI is InChI=1S/C17H23NO2/c1-5-12-17(16(19)20-6-2)15(13(3)18(17)4)14-10-8-7-9-11-14/h5,7-11,13,15H,1,6,12H2,2-4H3/t13-,15+,17+/m0/s1. The van der Waals surface area contributed by atoms with Crippen molar-refractivity contribution < 1.29 is 9.53 Å². The first-order valence-electron chi connectivity index (χ1n) is 7.15. The zero-order valence-corrected chi connectivity index (χ0v) is 12.5. The second-order valence-corrected chi connectivity index (χ2v) is 5.38. The molecule has 3 atom stereocenters. The summed E-state index contributed by atoms with van der Waals surface area (Å²) >= 11 is 0. The molecule has 0 radical (unpaired) electrons. The number of nitrogens with zero attached hydrogens (tertiary/aromatic N) is 1. The van der Waals surface area contributed by atoms with Crippen LogP contribution in [0.4, 0.5) is 0 Å². The summed E-state index contributed by atoms with van der Waals surface area (Å²) in [5.74, 6) is 0.0000954. The third kappa shape index (κ3) is 2.06. The van der Waals surface area contributed by atoms with Crippen molar-refractivity contribution >= 4 is 5.97 Å². The quantitative estimate of drug-likeness (QED) is 0.610. The molecular weight excluding hydrogens is 250 g/mol. The lowest BCUT2D eigenvalue weighted by Gasteiger charge is -2.60. The highest BCUT2D eigenvalue weighted by Gasteiger charge is 2.62. The topological polar surface area (TPSA) is 29.5 Å². The van der Waals surface area contributed by atoms with E-state index in [0.29, 0.717) is 19.1 Å². The van der Waals surface area contributed by atoms with E-state index in [1.807, 2.05) is 38.2 Å². The van der Waals surface area contributed by atoms with Gasteiger partial charge < -0.3 is 4.74 Å². The molecule has 1 aromatic carbocycles. The summed E-state index contributed by atoms with van der Waals surface area (Å²) in [5.41, 5.74) is 0.575. The smallest absolute Gasteiger partial charge is 0.327 e. The summed E-state index contributed by atoms with van der Waals surface area (Å²) in [7, 11) is 1.99. The van der Waals surface area contributed by atoms with Crippen molar-refractivity contribution in [1.82, 2.24) is 4.90 Å². The van der Waals surface area contributed by atoms with Crippen molar-refractivity contribution in [3.63, 3.8) is 0 Å². The van der Waals surface area contributed by atoms with Gasteiger partial charge in [0.1, 0.15) is 5.54 Å². The molecule has 1 aromatic rings. The number of hydrogen-bond donors (Lipinski definition) is 0. The zero-order chi connectivity index (χ0) is 14.8. The van der Waals surface area contributed by atoms with E-state index in [1.165, 1.54) is 5.56 Å². The molecule has 3 heteroatoms. The first kappa shape index (κ1) is 14.8. The molecule has 0 unspecified atom stereocenters. The van der Waals surface area contributed by atoms with Crippen molar-refractivity contribution in [3.05, 3.63) is 48.6 Å². The van der Waals surface area contributed by atoms with Gasteiger partial charge in [-0.25, -0.2) is 0 Å². The molecular formula is C17H23NO2. The van der Waals surface area contributed by atoms with Crippen molar-refractivity contribution in [2.45, 2.75) is 37.8 Å². The van der Waals surface area contributed by atoms with Gasteiger partial charge in [0.05, 0.1) is 6.61 Å². The molecule has 0 bridgehead atoms. The first-order valence-corrected chi connectivity index (χ1v) is 7.15. The number of benzene rings is 1. The minimum Gasteiger partial charge on any atom is -0.465 e. The van der Waals surface area contributed by atoms with Crippen LogP contribution in [0, 0.1) is 0 Å². The molecule has 3 nitrogen and oxygen atoms in total.